The highest BCUT2D eigenvalue weighted by Crippen LogP contribution is 2.33. The smallest absolute Gasteiger partial charge is 0.265 e. The first kappa shape index (κ1) is 17.1. The minimum atomic E-state index is -0.530. The lowest BCUT2D eigenvalue weighted by Crippen LogP contribution is -2.53. The summed E-state index contributed by atoms with van der Waals surface area (Å²) in [7, 11) is 0. The zero-order chi connectivity index (χ0) is 17.3. The molecule has 1 aromatic heterocycles. The van der Waals surface area contributed by atoms with Crippen LogP contribution in [0.25, 0.3) is 6.08 Å². The van der Waals surface area contributed by atoms with Gasteiger partial charge in [-0.1, -0.05) is 29.0 Å². The van der Waals surface area contributed by atoms with E-state index in [4.69, 9.17) is 23.8 Å². The van der Waals surface area contributed by atoms with Crippen molar-refractivity contribution in [1.29, 1.82) is 0 Å². The maximum atomic E-state index is 12.5. The van der Waals surface area contributed by atoms with Gasteiger partial charge in [0, 0.05) is 19.6 Å². The van der Waals surface area contributed by atoms with Crippen molar-refractivity contribution in [3.8, 4) is 0 Å². The molecule has 3 rings (SSSR count). The average Bonchev–Trinajstić information content (AvgIpc) is 3.18. The number of amides is 2. The van der Waals surface area contributed by atoms with E-state index in [1.54, 1.807) is 6.08 Å². The Bertz CT molecular complexity index is 753. The average molecular weight is 383 g/mol. The number of hydrogen-bond donors (Lipinski definition) is 1. The number of anilines is 1. The molecule has 0 aliphatic carbocycles. The van der Waals surface area contributed by atoms with Crippen molar-refractivity contribution in [3.63, 3.8) is 0 Å². The van der Waals surface area contributed by atoms with Crippen LogP contribution in [0.5, 0.6) is 0 Å². The number of hydrogen-bond acceptors (Lipinski definition) is 6. The molecule has 126 valence electrons. The summed E-state index contributed by atoms with van der Waals surface area (Å²) in [5.41, 5.74) is -0.0102. The number of halogens is 1. The SMILES string of the molecule is C=CCN1C(=O)/C(=C/c2sc(N3CCCC3)nc2Cl)C(=O)NC1=S. The van der Waals surface area contributed by atoms with Crippen molar-refractivity contribution in [2.24, 2.45) is 0 Å². The quantitative estimate of drug-likeness (QED) is 0.374. The topological polar surface area (TPSA) is 65.5 Å². The first-order valence-corrected chi connectivity index (χ1v) is 9.02. The molecule has 0 aromatic carbocycles. The van der Waals surface area contributed by atoms with Gasteiger partial charge in [-0.3, -0.25) is 19.8 Å². The van der Waals surface area contributed by atoms with E-state index in [0.29, 0.717) is 10.0 Å². The molecular weight excluding hydrogens is 368 g/mol. The minimum absolute atomic E-state index is 0.0102. The molecule has 0 spiro atoms. The molecule has 0 unspecified atom stereocenters. The third-order valence-electron chi connectivity index (χ3n) is 3.75. The first-order chi connectivity index (χ1) is 11.5. The fourth-order valence-corrected chi connectivity index (χ4v) is 4.06. The summed E-state index contributed by atoms with van der Waals surface area (Å²) in [5.74, 6) is -0.992. The Morgan fingerprint density at radius 1 is 1.38 bits per heavy atom. The van der Waals surface area contributed by atoms with Gasteiger partial charge in [0.05, 0.1) is 4.88 Å². The predicted molar refractivity (Wildman–Crippen MR) is 99.2 cm³/mol. The Morgan fingerprint density at radius 2 is 2.08 bits per heavy atom. The number of rotatable bonds is 4. The molecule has 9 heteroatoms. The third-order valence-corrected chi connectivity index (χ3v) is 5.53. The standard InChI is InChI=1S/C15H15ClN4O2S2/c1-2-5-20-13(22)9(12(21)18-14(20)23)8-10-11(16)17-15(24-10)19-6-3-4-7-19/h2,8H,1,3-7H2,(H,18,21,23)/b9-8+. The molecule has 0 saturated carbocycles. The lowest BCUT2D eigenvalue weighted by Gasteiger charge is -2.27. The number of nitrogens with zero attached hydrogens (tertiary/aromatic N) is 3. The van der Waals surface area contributed by atoms with Crippen molar-refractivity contribution >= 4 is 63.3 Å². The Morgan fingerprint density at radius 3 is 2.75 bits per heavy atom. The van der Waals surface area contributed by atoms with Crippen LogP contribution in [-0.2, 0) is 9.59 Å². The molecule has 3 heterocycles. The van der Waals surface area contributed by atoms with Crippen LogP contribution in [-0.4, -0.2) is 46.4 Å². The van der Waals surface area contributed by atoms with Gasteiger partial charge < -0.3 is 4.90 Å². The van der Waals surface area contributed by atoms with Crippen LogP contribution >= 0.6 is 35.2 Å². The van der Waals surface area contributed by atoms with Gasteiger partial charge in [-0.25, -0.2) is 4.98 Å². The molecule has 2 aliphatic heterocycles. The summed E-state index contributed by atoms with van der Waals surface area (Å²) in [4.78, 5) is 33.0. The van der Waals surface area contributed by atoms with Gasteiger partial charge in [0.1, 0.15) is 10.7 Å². The van der Waals surface area contributed by atoms with Crippen LogP contribution in [0, 0.1) is 0 Å². The van der Waals surface area contributed by atoms with Crippen LogP contribution in [0.4, 0.5) is 5.13 Å². The Kier molecular flexibility index (Phi) is 4.98. The van der Waals surface area contributed by atoms with Crippen LogP contribution in [0.1, 0.15) is 17.7 Å². The van der Waals surface area contributed by atoms with Gasteiger partial charge in [-0.15, -0.1) is 6.58 Å². The van der Waals surface area contributed by atoms with E-state index in [2.05, 4.69) is 21.8 Å². The summed E-state index contributed by atoms with van der Waals surface area (Å²) >= 11 is 12.6. The molecule has 2 fully saturated rings. The van der Waals surface area contributed by atoms with E-state index in [-0.39, 0.29) is 17.2 Å². The van der Waals surface area contributed by atoms with E-state index in [0.717, 1.165) is 31.1 Å². The fourth-order valence-electron chi connectivity index (χ4n) is 2.56. The number of thiocarbonyl (C=S) groups is 1. The largest absolute Gasteiger partial charge is 0.348 e. The van der Waals surface area contributed by atoms with Gasteiger partial charge in [-0.05, 0) is 31.1 Å². The van der Waals surface area contributed by atoms with Crippen LogP contribution in [0.15, 0.2) is 18.2 Å². The minimum Gasteiger partial charge on any atom is -0.348 e. The van der Waals surface area contributed by atoms with E-state index >= 15 is 0 Å². The molecule has 0 atom stereocenters. The van der Waals surface area contributed by atoms with Gasteiger partial charge >= 0.3 is 0 Å². The number of thiazole rings is 1. The summed E-state index contributed by atoms with van der Waals surface area (Å²) in [6.07, 6.45) is 5.28. The molecule has 1 N–H and O–H groups in total. The molecule has 24 heavy (non-hydrogen) atoms. The van der Waals surface area contributed by atoms with Crippen molar-refractivity contribution < 1.29 is 9.59 Å². The molecule has 0 radical (unpaired) electrons. The Hall–Kier alpha value is -1.77. The van der Waals surface area contributed by atoms with Crippen molar-refractivity contribution in [2.45, 2.75) is 12.8 Å². The Labute approximate surface area is 153 Å². The monoisotopic (exact) mass is 382 g/mol. The van der Waals surface area contributed by atoms with Gasteiger partial charge in [-0.2, -0.15) is 0 Å². The number of nitrogens with one attached hydrogen (secondary N) is 1. The molecule has 6 nitrogen and oxygen atoms in total. The Balaban J connectivity index is 1.91. The lowest BCUT2D eigenvalue weighted by atomic mass is 10.1. The number of carbonyl (C=O) groups excluding carboxylic acids is 2. The maximum Gasteiger partial charge on any atom is 0.265 e. The van der Waals surface area contributed by atoms with Crippen LogP contribution < -0.4 is 10.2 Å². The van der Waals surface area contributed by atoms with E-state index in [9.17, 15) is 9.59 Å². The van der Waals surface area contributed by atoms with Crippen LogP contribution in [0.2, 0.25) is 5.15 Å². The van der Waals surface area contributed by atoms with Crippen molar-refractivity contribution in [1.82, 2.24) is 15.2 Å². The highest BCUT2D eigenvalue weighted by molar-refractivity contribution is 7.80. The second-order valence-electron chi connectivity index (χ2n) is 5.37. The third kappa shape index (κ3) is 3.22. The second-order valence-corrected chi connectivity index (χ2v) is 7.12. The van der Waals surface area contributed by atoms with Gasteiger partial charge in [0.25, 0.3) is 11.8 Å². The zero-order valence-electron chi connectivity index (χ0n) is 12.7. The highest BCUT2D eigenvalue weighted by Gasteiger charge is 2.33. The number of carbonyl (C=O) groups is 2. The maximum absolute atomic E-state index is 12.5. The number of aromatic nitrogens is 1. The van der Waals surface area contributed by atoms with Crippen LogP contribution in [0.3, 0.4) is 0 Å². The zero-order valence-corrected chi connectivity index (χ0v) is 15.1. The van der Waals surface area contributed by atoms with Crippen molar-refractivity contribution in [3.05, 3.63) is 28.3 Å². The predicted octanol–water partition coefficient (Wildman–Crippen LogP) is 2.21. The van der Waals surface area contributed by atoms with E-state index < -0.39 is 11.8 Å². The van der Waals surface area contributed by atoms with E-state index in [1.165, 1.54) is 22.3 Å². The molecule has 2 aliphatic rings. The van der Waals surface area contributed by atoms with Gasteiger partial charge in [0.15, 0.2) is 10.2 Å². The van der Waals surface area contributed by atoms with Gasteiger partial charge in [0.2, 0.25) is 0 Å². The van der Waals surface area contributed by atoms with Crippen molar-refractivity contribution in [2.75, 3.05) is 24.5 Å². The van der Waals surface area contributed by atoms with E-state index in [1.807, 2.05) is 0 Å². The molecule has 2 amide bonds. The molecular formula is C15H15ClN4O2S2. The first-order valence-electron chi connectivity index (χ1n) is 7.42. The second kappa shape index (κ2) is 7.00. The summed E-state index contributed by atoms with van der Waals surface area (Å²) in [6.45, 7) is 5.71. The highest BCUT2D eigenvalue weighted by atomic mass is 35.5. The summed E-state index contributed by atoms with van der Waals surface area (Å²) in [6, 6.07) is 0. The fraction of sp³-hybridized carbons (Fsp3) is 0.333. The summed E-state index contributed by atoms with van der Waals surface area (Å²) in [5, 5.41) is 3.69. The normalized spacial score (nSPS) is 20.0. The molecule has 2 saturated heterocycles. The molecule has 0 bridgehead atoms. The summed E-state index contributed by atoms with van der Waals surface area (Å²) < 4.78 is 0. The lowest BCUT2D eigenvalue weighted by molar-refractivity contribution is -0.128. The molecule has 1 aromatic rings.